The average molecular weight is 294 g/mol. The Morgan fingerprint density at radius 3 is 2.67 bits per heavy atom. The van der Waals surface area contributed by atoms with Crippen LogP contribution in [0.25, 0.3) is 0 Å². The van der Waals surface area contributed by atoms with Gasteiger partial charge in [-0.05, 0) is 31.9 Å². The minimum atomic E-state index is 0.219. The molecule has 0 aromatic carbocycles. The van der Waals surface area contributed by atoms with Gasteiger partial charge in [-0.25, -0.2) is 0 Å². The number of nitrogens with one attached hydrogen (secondary N) is 1. The maximum atomic E-state index is 11.5. The van der Waals surface area contributed by atoms with Gasteiger partial charge in [-0.2, -0.15) is 11.8 Å². The quantitative estimate of drug-likeness (QED) is 0.578. The summed E-state index contributed by atoms with van der Waals surface area (Å²) in [6.45, 7) is 0.862. The number of amides is 1. The van der Waals surface area contributed by atoms with Crippen LogP contribution in [0.3, 0.4) is 0 Å². The highest BCUT2D eigenvalue weighted by atomic mass is 79.9. The normalized spacial score (nSPS) is 18.3. The van der Waals surface area contributed by atoms with Gasteiger partial charge in [-0.3, -0.25) is 4.79 Å². The van der Waals surface area contributed by atoms with Crippen LogP contribution in [0.4, 0.5) is 0 Å². The van der Waals surface area contributed by atoms with Crippen molar-refractivity contribution in [2.75, 3.05) is 18.1 Å². The van der Waals surface area contributed by atoms with Gasteiger partial charge in [0.15, 0.2) is 0 Å². The lowest BCUT2D eigenvalue weighted by atomic mass is 9.84. The molecule has 88 valence electrons. The number of unbranched alkanes of at least 4 members (excludes halogenated alkanes) is 1. The van der Waals surface area contributed by atoms with Gasteiger partial charge in [0.05, 0.1) is 0 Å². The Bertz CT molecular complexity index is 201. The number of thioether (sulfide) groups is 1. The topological polar surface area (TPSA) is 29.1 Å². The zero-order valence-electron chi connectivity index (χ0n) is 9.35. The molecular weight excluding hydrogens is 274 g/mol. The zero-order chi connectivity index (χ0) is 11.1. The standard InChI is InChI=1S/C11H20BrNOS/c1-15-11(6-4-7-11)9-13-10(14)5-2-3-8-12/h2-9H2,1H3,(H,13,14). The van der Waals surface area contributed by atoms with Crippen molar-refractivity contribution in [2.24, 2.45) is 0 Å². The molecule has 2 nitrogen and oxygen atoms in total. The molecule has 1 rings (SSSR count). The Morgan fingerprint density at radius 2 is 2.20 bits per heavy atom. The molecule has 0 bridgehead atoms. The molecule has 1 N–H and O–H groups in total. The number of carbonyl (C=O) groups excluding carboxylic acids is 1. The number of hydrogen-bond donors (Lipinski definition) is 1. The van der Waals surface area contributed by atoms with Crippen molar-refractivity contribution in [3.05, 3.63) is 0 Å². The third-order valence-electron chi connectivity index (χ3n) is 3.09. The number of carbonyl (C=O) groups is 1. The summed E-state index contributed by atoms with van der Waals surface area (Å²) in [4.78, 5) is 11.5. The molecule has 0 radical (unpaired) electrons. The summed E-state index contributed by atoms with van der Waals surface area (Å²) in [7, 11) is 0. The summed E-state index contributed by atoms with van der Waals surface area (Å²) < 4.78 is 0.366. The maximum absolute atomic E-state index is 11.5. The Hall–Kier alpha value is 0.300. The minimum absolute atomic E-state index is 0.219. The number of rotatable bonds is 7. The second kappa shape index (κ2) is 6.79. The molecule has 0 spiro atoms. The Balaban J connectivity index is 2.10. The SMILES string of the molecule is CSC1(CNC(=O)CCCCBr)CCC1. The Kier molecular flexibility index (Phi) is 6.05. The van der Waals surface area contributed by atoms with Gasteiger partial charge in [-0.15, -0.1) is 0 Å². The highest BCUT2D eigenvalue weighted by molar-refractivity contribution is 9.09. The van der Waals surface area contributed by atoms with Crippen molar-refractivity contribution in [3.63, 3.8) is 0 Å². The highest BCUT2D eigenvalue weighted by Crippen LogP contribution is 2.42. The van der Waals surface area contributed by atoms with Crippen LogP contribution in [0, 0.1) is 0 Å². The molecule has 1 fully saturated rings. The molecule has 1 saturated carbocycles. The number of halogens is 1. The first-order chi connectivity index (χ1) is 7.22. The van der Waals surface area contributed by atoms with E-state index in [4.69, 9.17) is 0 Å². The fraction of sp³-hybridized carbons (Fsp3) is 0.909. The Labute approximate surface area is 105 Å². The fourth-order valence-electron chi connectivity index (χ4n) is 1.75. The molecule has 4 heteroatoms. The molecule has 0 aromatic rings. The van der Waals surface area contributed by atoms with Crippen molar-refractivity contribution in [2.45, 2.75) is 43.3 Å². The first-order valence-electron chi connectivity index (χ1n) is 5.60. The van der Waals surface area contributed by atoms with E-state index in [1.165, 1.54) is 19.3 Å². The van der Waals surface area contributed by atoms with E-state index in [1.54, 1.807) is 0 Å². The molecule has 1 amide bonds. The minimum Gasteiger partial charge on any atom is -0.355 e. The predicted octanol–water partition coefficient (Wildman–Crippen LogP) is 2.95. The van der Waals surface area contributed by atoms with Gasteiger partial charge in [0.2, 0.25) is 5.91 Å². The molecule has 0 aromatic heterocycles. The maximum Gasteiger partial charge on any atom is 0.220 e. The van der Waals surface area contributed by atoms with E-state index in [0.29, 0.717) is 11.2 Å². The summed E-state index contributed by atoms with van der Waals surface area (Å²) in [5.41, 5.74) is 0. The molecule has 15 heavy (non-hydrogen) atoms. The number of hydrogen-bond acceptors (Lipinski definition) is 2. The zero-order valence-corrected chi connectivity index (χ0v) is 11.8. The van der Waals surface area contributed by atoms with E-state index in [2.05, 4.69) is 27.5 Å². The molecular formula is C11H20BrNOS. The van der Waals surface area contributed by atoms with Crippen LogP contribution in [-0.4, -0.2) is 28.8 Å². The predicted molar refractivity (Wildman–Crippen MR) is 70.8 cm³/mol. The average Bonchev–Trinajstić information content (AvgIpc) is 2.17. The van der Waals surface area contributed by atoms with E-state index in [9.17, 15) is 4.79 Å². The summed E-state index contributed by atoms with van der Waals surface area (Å²) >= 11 is 5.27. The first kappa shape index (κ1) is 13.4. The van der Waals surface area contributed by atoms with Crippen molar-refractivity contribution < 1.29 is 4.79 Å². The molecule has 0 atom stereocenters. The fourth-order valence-corrected chi connectivity index (χ4v) is 3.06. The van der Waals surface area contributed by atoms with Gasteiger partial charge in [-0.1, -0.05) is 22.4 Å². The highest BCUT2D eigenvalue weighted by Gasteiger charge is 2.36. The van der Waals surface area contributed by atoms with Crippen molar-refractivity contribution in [1.29, 1.82) is 0 Å². The van der Waals surface area contributed by atoms with E-state index in [0.717, 1.165) is 24.7 Å². The van der Waals surface area contributed by atoms with E-state index in [1.807, 2.05) is 11.8 Å². The molecule has 1 aliphatic rings. The van der Waals surface area contributed by atoms with Gasteiger partial charge in [0, 0.05) is 23.0 Å². The molecule has 0 heterocycles. The van der Waals surface area contributed by atoms with Crippen LogP contribution < -0.4 is 5.32 Å². The first-order valence-corrected chi connectivity index (χ1v) is 7.95. The number of alkyl halides is 1. The largest absolute Gasteiger partial charge is 0.355 e. The lowest BCUT2D eigenvalue weighted by Crippen LogP contribution is -2.45. The summed E-state index contributed by atoms with van der Waals surface area (Å²) in [6.07, 6.45) is 8.74. The van der Waals surface area contributed by atoms with Crippen LogP contribution in [0.5, 0.6) is 0 Å². The van der Waals surface area contributed by atoms with Crippen LogP contribution in [0.1, 0.15) is 38.5 Å². The van der Waals surface area contributed by atoms with Crippen molar-refractivity contribution >= 4 is 33.6 Å². The van der Waals surface area contributed by atoms with E-state index >= 15 is 0 Å². The lowest BCUT2D eigenvalue weighted by Gasteiger charge is -2.40. The van der Waals surface area contributed by atoms with Gasteiger partial charge in [0.25, 0.3) is 0 Å². The molecule has 0 aliphatic heterocycles. The third kappa shape index (κ3) is 4.35. The summed E-state index contributed by atoms with van der Waals surface area (Å²) in [5, 5.41) is 4.06. The van der Waals surface area contributed by atoms with Gasteiger partial charge >= 0.3 is 0 Å². The van der Waals surface area contributed by atoms with E-state index in [-0.39, 0.29) is 5.91 Å². The lowest BCUT2D eigenvalue weighted by molar-refractivity contribution is -0.121. The van der Waals surface area contributed by atoms with Crippen molar-refractivity contribution in [1.82, 2.24) is 5.32 Å². The van der Waals surface area contributed by atoms with Crippen LogP contribution in [0.2, 0.25) is 0 Å². The monoisotopic (exact) mass is 293 g/mol. The van der Waals surface area contributed by atoms with Gasteiger partial charge in [0.1, 0.15) is 0 Å². The summed E-state index contributed by atoms with van der Waals surface area (Å²) in [5.74, 6) is 0.219. The van der Waals surface area contributed by atoms with Crippen molar-refractivity contribution in [3.8, 4) is 0 Å². The van der Waals surface area contributed by atoms with Crippen LogP contribution in [-0.2, 0) is 4.79 Å². The van der Waals surface area contributed by atoms with E-state index < -0.39 is 0 Å². The van der Waals surface area contributed by atoms with Gasteiger partial charge < -0.3 is 5.32 Å². The molecule has 0 saturated heterocycles. The Morgan fingerprint density at radius 1 is 1.47 bits per heavy atom. The third-order valence-corrected chi connectivity index (χ3v) is 5.07. The second-order valence-electron chi connectivity index (χ2n) is 4.16. The summed E-state index contributed by atoms with van der Waals surface area (Å²) in [6, 6.07) is 0. The molecule has 0 unspecified atom stereocenters. The van der Waals surface area contributed by atoms with Crippen LogP contribution >= 0.6 is 27.7 Å². The second-order valence-corrected chi connectivity index (χ2v) is 6.23. The van der Waals surface area contributed by atoms with Crippen LogP contribution in [0.15, 0.2) is 0 Å². The smallest absolute Gasteiger partial charge is 0.220 e. The molecule has 1 aliphatic carbocycles.